The molecule has 0 radical (unpaired) electrons. The average Bonchev–Trinajstić information content (AvgIpc) is 2.37. The van der Waals surface area contributed by atoms with Crippen LogP contribution in [0.25, 0.3) is 0 Å². The number of benzene rings is 1. The zero-order valence-electron chi connectivity index (χ0n) is 10.2. The first-order chi connectivity index (χ1) is 8.96. The highest BCUT2D eigenvalue weighted by Crippen LogP contribution is 2.33. The van der Waals surface area contributed by atoms with Gasteiger partial charge in [-0.2, -0.15) is 0 Å². The fourth-order valence-corrected chi connectivity index (χ4v) is 2.28. The maximum absolute atomic E-state index is 14.3. The molecule has 0 aliphatic carbocycles. The maximum atomic E-state index is 14.3. The van der Waals surface area contributed by atoms with Crippen LogP contribution >= 0.6 is 0 Å². The monoisotopic (exact) mass is 277 g/mol. The minimum absolute atomic E-state index is 0.199. The second kappa shape index (κ2) is 5.77. The average molecular weight is 277 g/mol. The summed E-state index contributed by atoms with van der Waals surface area (Å²) >= 11 is 0. The van der Waals surface area contributed by atoms with E-state index in [2.05, 4.69) is 10.1 Å². The highest BCUT2D eigenvalue weighted by Gasteiger charge is 2.32. The summed E-state index contributed by atoms with van der Waals surface area (Å²) in [7, 11) is 0. The van der Waals surface area contributed by atoms with E-state index in [4.69, 9.17) is 0 Å². The van der Waals surface area contributed by atoms with Gasteiger partial charge in [0.15, 0.2) is 0 Å². The molecule has 0 amide bonds. The van der Waals surface area contributed by atoms with E-state index >= 15 is 0 Å². The number of piperidine rings is 1. The fraction of sp³-hybridized carbons (Fsp3) is 0.538. The number of rotatable bonds is 3. The van der Waals surface area contributed by atoms with Gasteiger partial charge in [-0.1, -0.05) is 12.1 Å². The number of halogens is 4. The molecule has 2 unspecified atom stereocenters. The van der Waals surface area contributed by atoms with Gasteiger partial charge in [-0.05, 0) is 37.1 Å². The van der Waals surface area contributed by atoms with Crippen LogP contribution in [0.3, 0.4) is 0 Å². The standard InChI is InChI=1S/C13H15F4NO/c14-12(10-4-2-6-18-8-10)9-3-1-5-11(7-9)19-13(15,16)17/h1,3,5,7,10,12,18H,2,4,6,8H2. The lowest BCUT2D eigenvalue weighted by molar-refractivity contribution is -0.274. The Morgan fingerprint density at radius 2 is 2.11 bits per heavy atom. The Kier molecular flexibility index (Phi) is 4.29. The summed E-state index contributed by atoms with van der Waals surface area (Å²) in [5, 5.41) is 3.09. The predicted octanol–water partition coefficient (Wildman–Crippen LogP) is 3.60. The Bertz CT molecular complexity index is 415. The summed E-state index contributed by atoms with van der Waals surface area (Å²) in [6, 6.07) is 5.15. The number of alkyl halides is 4. The van der Waals surface area contributed by atoms with Gasteiger partial charge in [0, 0.05) is 12.5 Å². The molecule has 106 valence electrons. The third-order valence-corrected chi connectivity index (χ3v) is 3.16. The smallest absolute Gasteiger partial charge is 0.406 e. The van der Waals surface area contributed by atoms with Crippen LogP contribution in [0.15, 0.2) is 24.3 Å². The first kappa shape index (κ1) is 14.1. The van der Waals surface area contributed by atoms with E-state index in [9.17, 15) is 17.6 Å². The van der Waals surface area contributed by atoms with Crippen molar-refractivity contribution in [3.63, 3.8) is 0 Å². The summed E-state index contributed by atoms with van der Waals surface area (Å²) in [6.07, 6.45) is -4.41. The lowest BCUT2D eigenvalue weighted by Crippen LogP contribution is -2.32. The van der Waals surface area contributed by atoms with Crippen molar-refractivity contribution in [3.05, 3.63) is 29.8 Å². The highest BCUT2D eigenvalue weighted by atomic mass is 19.4. The van der Waals surface area contributed by atoms with Gasteiger partial charge in [-0.3, -0.25) is 0 Å². The van der Waals surface area contributed by atoms with E-state index in [1.54, 1.807) is 0 Å². The molecule has 2 atom stereocenters. The van der Waals surface area contributed by atoms with Gasteiger partial charge in [0.05, 0.1) is 0 Å². The van der Waals surface area contributed by atoms with Crippen molar-refractivity contribution < 1.29 is 22.3 Å². The summed E-state index contributed by atoms with van der Waals surface area (Å²) < 4.78 is 54.4. The van der Waals surface area contributed by atoms with Crippen LogP contribution in [0.2, 0.25) is 0 Å². The first-order valence-corrected chi connectivity index (χ1v) is 6.16. The molecule has 0 spiro atoms. The molecule has 0 saturated carbocycles. The minimum Gasteiger partial charge on any atom is -0.406 e. The van der Waals surface area contributed by atoms with Crippen molar-refractivity contribution in [2.24, 2.45) is 5.92 Å². The maximum Gasteiger partial charge on any atom is 0.573 e. The second-order valence-corrected chi connectivity index (χ2v) is 4.63. The Balaban J connectivity index is 2.09. The van der Waals surface area contributed by atoms with Crippen LogP contribution in [0.1, 0.15) is 24.6 Å². The van der Waals surface area contributed by atoms with Gasteiger partial charge in [0.1, 0.15) is 11.9 Å². The Labute approximate surface area is 108 Å². The fourth-order valence-electron chi connectivity index (χ4n) is 2.28. The Morgan fingerprint density at radius 3 is 2.74 bits per heavy atom. The van der Waals surface area contributed by atoms with E-state index in [-0.39, 0.29) is 17.2 Å². The van der Waals surface area contributed by atoms with E-state index < -0.39 is 12.5 Å². The predicted molar refractivity (Wildman–Crippen MR) is 62.6 cm³/mol. The zero-order chi connectivity index (χ0) is 13.9. The topological polar surface area (TPSA) is 21.3 Å². The van der Waals surface area contributed by atoms with Gasteiger partial charge >= 0.3 is 6.36 Å². The molecule has 0 aromatic heterocycles. The molecule has 1 aromatic carbocycles. The molecular formula is C13H15F4NO. The third kappa shape index (κ3) is 4.09. The summed E-state index contributed by atoms with van der Waals surface area (Å²) in [6.45, 7) is 1.41. The molecule has 1 aliphatic rings. The molecule has 1 aliphatic heterocycles. The van der Waals surface area contributed by atoms with Crippen molar-refractivity contribution in [2.75, 3.05) is 13.1 Å². The van der Waals surface area contributed by atoms with Crippen LogP contribution < -0.4 is 10.1 Å². The van der Waals surface area contributed by atoms with E-state index in [0.717, 1.165) is 25.5 Å². The summed E-state index contributed by atoms with van der Waals surface area (Å²) in [4.78, 5) is 0. The Hall–Kier alpha value is -1.30. The quantitative estimate of drug-likeness (QED) is 0.852. The molecule has 6 heteroatoms. The molecule has 1 aromatic rings. The van der Waals surface area contributed by atoms with Gasteiger partial charge in [0.2, 0.25) is 0 Å². The van der Waals surface area contributed by atoms with Crippen LogP contribution in [0.5, 0.6) is 5.75 Å². The third-order valence-electron chi connectivity index (χ3n) is 3.16. The van der Waals surface area contributed by atoms with Crippen LogP contribution in [-0.4, -0.2) is 19.5 Å². The molecule has 19 heavy (non-hydrogen) atoms. The van der Waals surface area contributed by atoms with E-state index in [1.165, 1.54) is 18.2 Å². The first-order valence-electron chi connectivity index (χ1n) is 6.16. The van der Waals surface area contributed by atoms with Gasteiger partial charge in [-0.15, -0.1) is 13.2 Å². The summed E-state index contributed by atoms with van der Waals surface area (Å²) in [5.74, 6) is -0.577. The van der Waals surface area contributed by atoms with E-state index in [0.29, 0.717) is 6.54 Å². The minimum atomic E-state index is -4.75. The second-order valence-electron chi connectivity index (χ2n) is 4.63. The van der Waals surface area contributed by atoms with Crippen molar-refractivity contribution in [3.8, 4) is 5.75 Å². The number of hydrogen-bond acceptors (Lipinski definition) is 2. The lowest BCUT2D eigenvalue weighted by atomic mass is 9.90. The molecule has 2 rings (SSSR count). The van der Waals surface area contributed by atoms with Crippen molar-refractivity contribution in [1.29, 1.82) is 0 Å². The van der Waals surface area contributed by atoms with Crippen molar-refractivity contribution in [1.82, 2.24) is 5.32 Å². The van der Waals surface area contributed by atoms with Gasteiger partial charge in [0.25, 0.3) is 0 Å². The molecule has 1 saturated heterocycles. The van der Waals surface area contributed by atoms with Crippen LogP contribution in [0.4, 0.5) is 17.6 Å². The largest absolute Gasteiger partial charge is 0.573 e. The normalized spacial score (nSPS) is 22.0. The number of hydrogen-bond donors (Lipinski definition) is 1. The van der Waals surface area contributed by atoms with Crippen LogP contribution in [-0.2, 0) is 0 Å². The molecular weight excluding hydrogens is 262 g/mol. The zero-order valence-corrected chi connectivity index (χ0v) is 10.2. The number of ether oxygens (including phenoxy) is 1. The Morgan fingerprint density at radius 1 is 1.32 bits per heavy atom. The molecule has 1 fully saturated rings. The van der Waals surface area contributed by atoms with Crippen molar-refractivity contribution in [2.45, 2.75) is 25.4 Å². The SMILES string of the molecule is FC(c1cccc(OC(F)(F)F)c1)C1CCCNC1. The van der Waals surface area contributed by atoms with Gasteiger partial charge < -0.3 is 10.1 Å². The molecule has 0 bridgehead atoms. The van der Waals surface area contributed by atoms with Crippen molar-refractivity contribution >= 4 is 0 Å². The summed E-state index contributed by atoms with van der Waals surface area (Å²) in [5.41, 5.74) is 0.232. The highest BCUT2D eigenvalue weighted by molar-refractivity contribution is 5.30. The van der Waals surface area contributed by atoms with Gasteiger partial charge in [-0.25, -0.2) is 4.39 Å². The molecule has 2 nitrogen and oxygen atoms in total. The molecule has 1 heterocycles. The van der Waals surface area contributed by atoms with E-state index in [1.807, 2.05) is 0 Å². The number of nitrogens with one attached hydrogen (secondary N) is 1. The lowest BCUT2D eigenvalue weighted by Gasteiger charge is -2.26. The molecule has 1 N–H and O–H groups in total. The van der Waals surface area contributed by atoms with Crippen LogP contribution in [0, 0.1) is 5.92 Å².